The molecule has 0 unspecified atom stereocenters. The molecule has 156 valence electrons. The minimum Gasteiger partial charge on any atom is -0.378 e. The van der Waals surface area contributed by atoms with Crippen molar-refractivity contribution in [2.24, 2.45) is 11.8 Å². The third-order valence-electron chi connectivity index (χ3n) is 6.55. The number of nitrogens with zero attached hydrogens (tertiary/aromatic N) is 1. The largest absolute Gasteiger partial charge is 0.378 e. The molecule has 2 bridgehead atoms. The normalized spacial score (nSPS) is 30.7. The smallest absolute Gasteiger partial charge is 0.245 e. The van der Waals surface area contributed by atoms with E-state index < -0.39 is 0 Å². The van der Waals surface area contributed by atoms with Crippen molar-refractivity contribution in [3.8, 4) is 0 Å². The van der Waals surface area contributed by atoms with E-state index in [0.717, 1.165) is 31.6 Å². The Morgan fingerprint density at radius 3 is 2.59 bits per heavy atom. The van der Waals surface area contributed by atoms with E-state index in [-0.39, 0.29) is 5.91 Å². The van der Waals surface area contributed by atoms with Gasteiger partial charge in [0.25, 0.3) is 0 Å². The Kier molecular flexibility index (Phi) is 8.75. The van der Waals surface area contributed by atoms with Crippen LogP contribution in [0.2, 0.25) is 0 Å². The fourth-order valence-electron chi connectivity index (χ4n) is 4.97. The minimum atomic E-state index is -0.195. The van der Waals surface area contributed by atoms with Crippen LogP contribution >= 0.6 is 11.8 Å². The molecule has 2 saturated heterocycles. The van der Waals surface area contributed by atoms with Gasteiger partial charge < -0.3 is 9.47 Å². The van der Waals surface area contributed by atoms with Crippen LogP contribution in [0.15, 0.2) is 0 Å². The second kappa shape index (κ2) is 11.0. The van der Waals surface area contributed by atoms with Gasteiger partial charge in [-0.05, 0) is 68.3 Å². The monoisotopic (exact) mass is 399 g/mol. The molecule has 1 saturated carbocycles. The maximum Gasteiger partial charge on any atom is 0.245 e. The Bertz CT molecular complexity index is 455. The summed E-state index contributed by atoms with van der Waals surface area (Å²) < 4.78 is 12.4. The molecule has 0 radical (unpaired) electrons. The Balaban J connectivity index is 1.31. The average molecular weight is 400 g/mol. The molecule has 0 spiro atoms. The molecule has 0 aromatic heterocycles. The number of carbonyl (C=O) groups excluding carboxylic acids is 1. The molecular weight excluding hydrogens is 362 g/mol. The van der Waals surface area contributed by atoms with Crippen LogP contribution in [-0.4, -0.2) is 59.6 Å². The van der Waals surface area contributed by atoms with Gasteiger partial charge in [0, 0.05) is 20.1 Å². The molecule has 3 rings (SSSR count). The Hall–Kier alpha value is -0.300. The van der Waals surface area contributed by atoms with Gasteiger partial charge in [-0.25, -0.2) is 5.06 Å². The first-order valence-corrected chi connectivity index (χ1v) is 12.1. The molecule has 2 heterocycles. The number of amides is 1. The van der Waals surface area contributed by atoms with Crippen molar-refractivity contribution in [2.45, 2.75) is 88.9 Å². The van der Waals surface area contributed by atoms with E-state index in [1.54, 1.807) is 0 Å². The first kappa shape index (κ1) is 21.4. The van der Waals surface area contributed by atoms with Crippen molar-refractivity contribution >= 4 is 17.7 Å². The molecule has 27 heavy (non-hydrogen) atoms. The van der Waals surface area contributed by atoms with Gasteiger partial charge in [0.1, 0.15) is 0 Å². The summed E-state index contributed by atoms with van der Waals surface area (Å²) in [6, 6.07) is 0. The average Bonchev–Trinajstić information content (AvgIpc) is 3.27. The number of unbranched alkanes of at least 4 members (excludes halogenated alkanes) is 1. The van der Waals surface area contributed by atoms with Gasteiger partial charge in [0.2, 0.25) is 5.91 Å². The number of fused-ring (bicyclic) bond motifs is 2. The van der Waals surface area contributed by atoms with Gasteiger partial charge in [-0.3, -0.25) is 10.0 Å². The number of hydroxylamine groups is 2. The number of carbonyl (C=O) groups is 1. The summed E-state index contributed by atoms with van der Waals surface area (Å²) in [7, 11) is 1.39. The summed E-state index contributed by atoms with van der Waals surface area (Å²) in [5.74, 6) is 3.41. The quantitative estimate of drug-likeness (QED) is 0.319. The lowest BCUT2D eigenvalue weighted by Crippen LogP contribution is -2.30. The van der Waals surface area contributed by atoms with Gasteiger partial charge in [0.15, 0.2) is 0 Å². The standard InChI is InChI=1S/C21H37NO4S/c1-22(24)21(23)9-5-6-14-27-15-18-17(19-10-11-20(18)26-19)12-13-25-16-7-3-2-4-8-16/h16-20,24H,2-15H2,1H3/t17-,18+,19-,20+/m0/s1. The summed E-state index contributed by atoms with van der Waals surface area (Å²) in [5.41, 5.74) is 0. The highest BCUT2D eigenvalue weighted by Crippen LogP contribution is 2.46. The Labute approximate surface area is 168 Å². The lowest BCUT2D eigenvalue weighted by molar-refractivity contribution is -0.159. The van der Waals surface area contributed by atoms with Gasteiger partial charge in [0.05, 0.1) is 18.3 Å². The van der Waals surface area contributed by atoms with Crippen LogP contribution in [0.5, 0.6) is 0 Å². The van der Waals surface area contributed by atoms with E-state index in [0.29, 0.717) is 41.6 Å². The lowest BCUT2D eigenvalue weighted by Gasteiger charge is -2.29. The van der Waals surface area contributed by atoms with Crippen LogP contribution < -0.4 is 0 Å². The molecule has 1 N–H and O–H groups in total. The maximum absolute atomic E-state index is 11.4. The molecule has 5 nitrogen and oxygen atoms in total. The van der Waals surface area contributed by atoms with Crippen molar-refractivity contribution in [3.63, 3.8) is 0 Å². The van der Waals surface area contributed by atoms with E-state index >= 15 is 0 Å². The number of hydrogen-bond acceptors (Lipinski definition) is 5. The fraction of sp³-hybridized carbons (Fsp3) is 0.952. The van der Waals surface area contributed by atoms with Crippen LogP contribution in [0.3, 0.4) is 0 Å². The van der Waals surface area contributed by atoms with Gasteiger partial charge in [-0.2, -0.15) is 11.8 Å². The lowest BCUT2D eigenvalue weighted by atomic mass is 9.79. The predicted octanol–water partition coefficient (Wildman–Crippen LogP) is 4.27. The van der Waals surface area contributed by atoms with Gasteiger partial charge in [-0.15, -0.1) is 0 Å². The highest BCUT2D eigenvalue weighted by molar-refractivity contribution is 7.99. The molecule has 3 fully saturated rings. The molecule has 2 aliphatic heterocycles. The zero-order valence-corrected chi connectivity index (χ0v) is 17.6. The predicted molar refractivity (Wildman–Crippen MR) is 108 cm³/mol. The molecule has 3 aliphatic rings. The zero-order valence-electron chi connectivity index (χ0n) is 16.8. The van der Waals surface area contributed by atoms with Crippen LogP contribution in [0.25, 0.3) is 0 Å². The summed E-state index contributed by atoms with van der Waals surface area (Å²) >= 11 is 2.01. The molecule has 1 aliphatic carbocycles. The third kappa shape index (κ3) is 6.34. The second-order valence-corrected chi connectivity index (χ2v) is 9.64. The highest BCUT2D eigenvalue weighted by atomic mass is 32.2. The highest BCUT2D eigenvalue weighted by Gasteiger charge is 2.48. The maximum atomic E-state index is 11.4. The SMILES string of the molecule is CN(O)C(=O)CCCCSC[C@@H]1[C@H](CCOC2CCCCC2)[C@@H]2CC[C@H]1O2. The van der Waals surface area contributed by atoms with Crippen LogP contribution in [0.1, 0.15) is 70.6 Å². The molecule has 0 aromatic carbocycles. The topological polar surface area (TPSA) is 59.0 Å². The van der Waals surface area contributed by atoms with Crippen molar-refractivity contribution < 1.29 is 19.5 Å². The van der Waals surface area contributed by atoms with Crippen molar-refractivity contribution in [1.82, 2.24) is 5.06 Å². The van der Waals surface area contributed by atoms with Crippen LogP contribution in [0, 0.1) is 11.8 Å². The summed E-state index contributed by atoms with van der Waals surface area (Å²) in [5, 5.41) is 9.76. The van der Waals surface area contributed by atoms with Crippen molar-refractivity contribution in [1.29, 1.82) is 0 Å². The van der Waals surface area contributed by atoms with E-state index in [1.165, 1.54) is 57.7 Å². The zero-order chi connectivity index (χ0) is 19.1. The van der Waals surface area contributed by atoms with Crippen molar-refractivity contribution in [2.75, 3.05) is 25.2 Å². The first-order valence-electron chi connectivity index (χ1n) is 11.0. The van der Waals surface area contributed by atoms with Crippen LogP contribution in [0.4, 0.5) is 0 Å². The van der Waals surface area contributed by atoms with E-state index in [1.807, 2.05) is 11.8 Å². The Morgan fingerprint density at radius 1 is 1.11 bits per heavy atom. The van der Waals surface area contributed by atoms with Gasteiger partial charge in [-0.1, -0.05) is 19.3 Å². The molecule has 6 heteroatoms. The Morgan fingerprint density at radius 2 is 1.85 bits per heavy atom. The van der Waals surface area contributed by atoms with Crippen LogP contribution in [-0.2, 0) is 14.3 Å². The molecule has 1 amide bonds. The summed E-state index contributed by atoms with van der Waals surface area (Å²) in [6.07, 6.45) is 13.9. The number of ether oxygens (including phenoxy) is 2. The second-order valence-electron chi connectivity index (χ2n) is 8.49. The van der Waals surface area contributed by atoms with E-state index in [4.69, 9.17) is 14.7 Å². The number of thioether (sulfide) groups is 1. The minimum absolute atomic E-state index is 0.195. The summed E-state index contributed by atoms with van der Waals surface area (Å²) in [4.78, 5) is 11.4. The number of rotatable bonds is 11. The summed E-state index contributed by atoms with van der Waals surface area (Å²) in [6.45, 7) is 0.903. The van der Waals surface area contributed by atoms with Gasteiger partial charge >= 0.3 is 0 Å². The van der Waals surface area contributed by atoms with Crippen molar-refractivity contribution in [3.05, 3.63) is 0 Å². The first-order chi connectivity index (χ1) is 13.1. The third-order valence-corrected chi connectivity index (χ3v) is 7.75. The number of hydrogen-bond donors (Lipinski definition) is 1. The fourth-order valence-corrected chi connectivity index (χ4v) is 6.27. The van der Waals surface area contributed by atoms with E-state index in [9.17, 15) is 4.79 Å². The molecular formula is C21H37NO4S. The molecule has 0 aromatic rings. The van der Waals surface area contributed by atoms with E-state index in [2.05, 4.69) is 0 Å². The molecule has 4 atom stereocenters.